The lowest BCUT2D eigenvalue weighted by Crippen LogP contribution is -2.07. The summed E-state index contributed by atoms with van der Waals surface area (Å²) in [5.74, 6) is -1.14. The molecule has 2 rings (SSSR count). The molecule has 0 aliphatic rings. The summed E-state index contributed by atoms with van der Waals surface area (Å²) in [5.41, 5.74) is 4.16. The number of halogens is 2. The van der Waals surface area contributed by atoms with Gasteiger partial charge >= 0.3 is 5.97 Å². The molecule has 25 heavy (non-hydrogen) atoms. The van der Waals surface area contributed by atoms with E-state index in [9.17, 15) is 14.0 Å². The van der Waals surface area contributed by atoms with Gasteiger partial charge in [0.15, 0.2) is 23.1 Å². The van der Waals surface area contributed by atoms with Crippen molar-refractivity contribution in [1.82, 2.24) is 0 Å². The fraction of sp³-hybridized carbons (Fsp3) is 0.222. The van der Waals surface area contributed by atoms with Crippen molar-refractivity contribution in [3.05, 3.63) is 53.3 Å². The summed E-state index contributed by atoms with van der Waals surface area (Å²) in [4.78, 5) is 27.0. The molecule has 5 nitrogen and oxygen atoms in total. The normalized spacial score (nSPS) is 9.76. The van der Waals surface area contributed by atoms with Crippen molar-refractivity contribution in [1.29, 1.82) is 0 Å². The largest absolute Gasteiger partial charge is 0.452 e. The maximum Gasteiger partial charge on any atom is 0.329 e. The standard InChI is InChI=1S/C18H18FNO4.ClH/c1-4-13-5-7-18(16(9-13)20-24-12(3)22)23-17-8-6-14(11(2)21)10-15(17)19;/h5-10,20H,4H2,1-3H3;1H. The minimum atomic E-state index is -0.652. The third kappa shape index (κ3) is 5.46. The fourth-order valence-electron chi connectivity index (χ4n) is 2.01. The number of ether oxygens (including phenoxy) is 1. The molecule has 134 valence electrons. The summed E-state index contributed by atoms with van der Waals surface area (Å²) < 4.78 is 19.7. The minimum Gasteiger partial charge on any atom is -0.452 e. The maximum atomic E-state index is 14.1. The van der Waals surface area contributed by atoms with Crippen LogP contribution in [-0.4, -0.2) is 11.8 Å². The first kappa shape index (κ1) is 20.4. The highest BCUT2D eigenvalue weighted by Crippen LogP contribution is 2.32. The molecule has 0 bridgehead atoms. The highest BCUT2D eigenvalue weighted by molar-refractivity contribution is 5.94. The summed E-state index contributed by atoms with van der Waals surface area (Å²) in [6.45, 7) is 4.60. The van der Waals surface area contributed by atoms with Crippen LogP contribution in [-0.2, 0) is 16.1 Å². The summed E-state index contributed by atoms with van der Waals surface area (Å²) in [7, 11) is 0. The van der Waals surface area contributed by atoms with Gasteiger partial charge in [-0.3, -0.25) is 9.59 Å². The molecule has 0 saturated heterocycles. The molecule has 2 aromatic rings. The summed E-state index contributed by atoms with van der Waals surface area (Å²) in [6, 6.07) is 9.23. The van der Waals surface area contributed by atoms with Crippen LogP contribution in [0.15, 0.2) is 36.4 Å². The van der Waals surface area contributed by atoms with Gasteiger partial charge in [0, 0.05) is 12.5 Å². The molecular weight excluding hydrogens is 349 g/mol. The quantitative estimate of drug-likeness (QED) is 0.592. The SMILES string of the molecule is CCc1ccc(Oc2ccc(C(C)=O)cc2F)c(NOC(C)=O)c1.Cl. The van der Waals surface area contributed by atoms with E-state index in [1.54, 1.807) is 12.1 Å². The molecule has 0 aromatic heterocycles. The zero-order chi connectivity index (χ0) is 17.7. The number of carbonyl (C=O) groups is 2. The van der Waals surface area contributed by atoms with Crippen molar-refractivity contribution < 1.29 is 23.6 Å². The predicted octanol–water partition coefficient (Wildman–Crippen LogP) is 4.69. The second-order valence-electron chi connectivity index (χ2n) is 5.18. The number of benzene rings is 2. The van der Waals surface area contributed by atoms with Crippen molar-refractivity contribution in [2.45, 2.75) is 27.2 Å². The molecule has 0 spiro atoms. The molecule has 1 N–H and O–H groups in total. The first-order valence-electron chi connectivity index (χ1n) is 7.45. The number of rotatable bonds is 6. The van der Waals surface area contributed by atoms with E-state index in [1.807, 2.05) is 13.0 Å². The highest BCUT2D eigenvalue weighted by atomic mass is 35.5. The molecule has 0 heterocycles. The van der Waals surface area contributed by atoms with Gasteiger partial charge in [-0.1, -0.05) is 13.0 Å². The maximum absolute atomic E-state index is 14.1. The molecule has 0 amide bonds. The number of ketones is 1. The number of aryl methyl sites for hydroxylation is 1. The molecule has 0 saturated carbocycles. The van der Waals surface area contributed by atoms with Gasteiger partial charge in [-0.05, 0) is 49.2 Å². The number of hydrogen-bond acceptors (Lipinski definition) is 5. The summed E-state index contributed by atoms with van der Waals surface area (Å²) >= 11 is 0. The van der Waals surface area contributed by atoms with Gasteiger partial charge in [-0.25, -0.2) is 9.87 Å². The Balaban J connectivity index is 0.00000312. The van der Waals surface area contributed by atoms with Crippen LogP contribution in [0.25, 0.3) is 0 Å². The lowest BCUT2D eigenvalue weighted by molar-refractivity contribution is -0.138. The van der Waals surface area contributed by atoms with Crippen LogP contribution in [0.3, 0.4) is 0 Å². The average molecular weight is 368 g/mol. The molecular formula is C18H19ClFNO4. The van der Waals surface area contributed by atoms with Crippen LogP contribution >= 0.6 is 12.4 Å². The Bertz CT molecular complexity index is 780. The van der Waals surface area contributed by atoms with E-state index >= 15 is 0 Å². The number of anilines is 1. The minimum absolute atomic E-state index is 0. The van der Waals surface area contributed by atoms with E-state index in [0.717, 1.165) is 18.1 Å². The molecule has 0 aliphatic carbocycles. The number of nitrogens with one attached hydrogen (secondary N) is 1. The zero-order valence-corrected chi connectivity index (χ0v) is 14.9. The van der Waals surface area contributed by atoms with Crippen molar-refractivity contribution in [2.75, 3.05) is 5.48 Å². The number of Topliss-reactive ketones (excluding diaryl/α,β-unsaturated/α-hetero) is 1. The van der Waals surface area contributed by atoms with E-state index in [-0.39, 0.29) is 29.5 Å². The van der Waals surface area contributed by atoms with E-state index in [1.165, 1.54) is 26.0 Å². The van der Waals surface area contributed by atoms with Gasteiger partial charge < -0.3 is 9.57 Å². The molecule has 0 radical (unpaired) electrons. The van der Waals surface area contributed by atoms with Crippen LogP contribution in [0.5, 0.6) is 11.5 Å². The summed E-state index contributed by atoms with van der Waals surface area (Å²) in [5, 5.41) is 0. The second kappa shape index (κ2) is 9.03. The van der Waals surface area contributed by atoms with E-state index in [0.29, 0.717) is 11.4 Å². The number of hydrogen-bond donors (Lipinski definition) is 1. The van der Waals surface area contributed by atoms with Crippen LogP contribution in [0.4, 0.5) is 10.1 Å². The smallest absolute Gasteiger partial charge is 0.329 e. The Kier molecular flexibility index (Phi) is 7.39. The Morgan fingerprint density at radius 2 is 1.76 bits per heavy atom. The average Bonchev–Trinajstić information content (AvgIpc) is 2.55. The highest BCUT2D eigenvalue weighted by Gasteiger charge is 2.12. The Morgan fingerprint density at radius 1 is 1.08 bits per heavy atom. The van der Waals surface area contributed by atoms with Crippen LogP contribution in [0.1, 0.15) is 36.7 Å². The molecule has 2 aromatic carbocycles. The molecule has 7 heteroatoms. The molecule has 0 fully saturated rings. The van der Waals surface area contributed by atoms with Gasteiger partial charge in [0.25, 0.3) is 0 Å². The van der Waals surface area contributed by atoms with Crippen LogP contribution < -0.4 is 10.2 Å². The van der Waals surface area contributed by atoms with E-state index < -0.39 is 11.8 Å². The first-order chi connectivity index (χ1) is 11.4. The van der Waals surface area contributed by atoms with Crippen molar-refractivity contribution in [3.8, 4) is 11.5 Å². The van der Waals surface area contributed by atoms with Gasteiger partial charge in [0.1, 0.15) is 5.69 Å². The Morgan fingerprint density at radius 3 is 2.32 bits per heavy atom. The molecule has 0 unspecified atom stereocenters. The lowest BCUT2D eigenvalue weighted by Gasteiger charge is -2.14. The third-order valence-corrected chi connectivity index (χ3v) is 3.32. The predicted molar refractivity (Wildman–Crippen MR) is 94.9 cm³/mol. The van der Waals surface area contributed by atoms with Gasteiger partial charge in [0.2, 0.25) is 0 Å². The van der Waals surface area contributed by atoms with Crippen molar-refractivity contribution >= 4 is 29.8 Å². The zero-order valence-electron chi connectivity index (χ0n) is 14.1. The van der Waals surface area contributed by atoms with Gasteiger partial charge in [-0.2, -0.15) is 0 Å². The number of carbonyl (C=O) groups excluding carboxylic acids is 2. The van der Waals surface area contributed by atoms with Gasteiger partial charge in [-0.15, -0.1) is 12.4 Å². The van der Waals surface area contributed by atoms with E-state index in [2.05, 4.69) is 5.48 Å². The van der Waals surface area contributed by atoms with Crippen LogP contribution in [0.2, 0.25) is 0 Å². The molecule has 0 aliphatic heterocycles. The van der Waals surface area contributed by atoms with Crippen molar-refractivity contribution in [3.63, 3.8) is 0 Å². The molecule has 0 atom stereocenters. The third-order valence-electron chi connectivity index (χ3n) is 3.32. The Hall–Kier alpha value is -2.60. The second-order valence-corrected chi connectivity index (χ2v) is 5.18. The monoisotopic (exact) mass is 367 g/mol. The lowest BCUT2D eigenvalue weighted by atomic mass is 10.1. The summed E-state index contributed by atoms with van der Waals surface area (Å²) in [6.07, 6.45) is 0.775. The Labute approximate surface area is 151 Å². The van der Waals surface area contributed by atoms with Crippen molar-refractivity contribution in [2.24, 2.45) is 0 Å². The van der Waals surface area contributed by atoms with Gasteiger partial charge in [0.05, 0.1) is 0 Å². The van der Waals surface area contributed by atoms with Crippen LogP contribution in [0, 0.1) is 5.82 Å². The topological polar surface area (TPSA) is 64.6 Å². The first-order valence-corrected chi connectivity index (χ1v) is 7.45. The van der Waals surface area contributed by atoms with E-state index in [4.69, 9.17) is 9.57 Å². The fourth-order valence-corrected chi connectivity index (χ4v) is 2.01.